The van der Waals surface area contributed by atoms with Crippen LogP contribution >= 0.6 is 0 Å². The largest absolute Gasteiger partial charge is 0.379 e. The lowest BCUT2D eigenvalue weighted by Crippen LogP contribution is -2.56. The van der Waals surface area contributed by atoms with Crippen molar-refractivity contribution >= 4 is 0 Å². The minimum atomic E-state index is -0.155. The fourth-order valence-electron chi connectivity index (χ4n) is 4.71. The first-order valence-electron chi connectivity index (χ1n) is 11.9. The maximum atomic E-state index is 7.10. The van der Waals surface area contributed by atoms with E-state index in [4.69, 9.17) is 19.9 Å². The van der Waals surface area contributed by atoms with Crippen LogP contribution in [0.4, 0.5) is 0 Å². The molecule has 170 valence electrons. The van der Waals surface area contributed by atoms with Crippen LogP contribution in [-0.2, 0) is 14.2 Å². The SMILES string of the molecule is CCC1CN(CCC(N)(CCN2CCOC(CC)C2)CN2CCOCC2)CCO1. The average molecular weight is 413 g/mol. The monoisotopic (exact) mass is 412 g/mol. The summed E-state index contributed by atoms with van der Waals surface area (Å²) in [6.07, 6.45) is 5.04. The number of rotatable bonds is 10. The van der Waals surface area contributed by atoms with Crippen LogP contribution < -0.4 is 5.73 Å². The topological polar surface area (TPSA) is 63.4 Å². The summed E-state index contributed by atoms with van der Waals surface area (Å²) in [6, 6.07) is 0. The van der Waals surface area contributed by atoms with Crippen LogP contribution in [0.3, 0.4) is 0 Å². The third-order valence-corrected chi connectivity index (χ3v) is 6.85. The van der Waals surface area contributed by atoms with Crippen LogP contribution in [-0.4, -0.2) is 118 Å². The highest BCUT2D eigenvalue weighted by Crippen LogP contribution is 2.20. The Morgan fingerprint density at radius 1 is 0.759 bits per heavy atom. The summed E-state index contributed by atoms with van der Waals surface area (Å²) in [7, 11) is 0. The third kappa shape index (κ3) is 7.73. The van der Waals surface area contributed by atoms with Crippen molar-refractivity contribution in [2.24, 2.45) is 5.73 Å². The van der Waals surface area contributed by atoms with E-state index >= 15 is 0 Å². The molecule has 0 aromatic heterocycles. The molecule has 3 rings (SSSR count). The van der Waals surface area contributed by atoms with Gasteiger partial charge in [0.25, 0.3) is 0 Å². The van der Waals surface area contributed by atoms with E-state index in [1.54, 1.807) is 0 Å². The average Bonchev–Trinajstić information content (AvgIpc) is 2.77. The summed E-state index contributed by atoms with van der Waals surface area (Å²) >= 11 is 0. The molecule has 0 aromatic carbocycles. The Morgan fingerprint density at radius 3 is 1.72 bits per heavy atom. The molecule has 2 atom stereocenters. The van der Waals surface area contributed by atoms with Crippen LogP contribution in [0.25, 0.3) is 0 Å². The van der Waals surface area contributed by atoms with E-state index < -0.39 is 0 Å². The van der Waals surface area contributed by atoms with E-state index in [9.17, 15) is 0 Å². The lowest BCUT2D eigenvalue weighted by Gasteiger charge is -2.41. The van der Waals surface area contributed by atoms with Crippen molar-refractivity contribution < 1.29 is 14.2 Å². The van der Waals surface area contributed by atoms with Gasteiger partial charge in [0.1, 0.15) is 0 Å². The van der Waals surface area contributed by atoms with Crippen molar-refractivity contribution in [2.75, 3.05) is 85.3 Å². The molecule has 2 N–H and O–H groups in total. The van der Waals surface area contributed by atoms with Crippen molar-refractivity contribution in [3.8, 4) is 0 Å². The number of hydrogen-bond acceptors (Lipinski definition) is 7. The maximum Gasteiger partial charge on any atom is 0.0700 e. The number of hydrogen-bond donors (Lipinski definition) is 1. The minimum Gasteiger partial charge on any atom is -0.379 e. The van der Waals surface area contributed by atoms with E-state index in [1.165, 1.54) is 0 Å². The first kappa shape index (κ1) is 23.4. The van der Waals surface area contributed by atoms with Gasteiger partial charge in [0, 0.05) is 64.4 Å². The molecule has 3 aliphatic rings. The number of morpholine rings is 3. The summed E-state index contributed by atoms with van der Waals surface area (Å²) in [4.78, 5) is 7.62. The summed E-state index contributed by atoms with van der Waals surface area (Å²) in [5, 5.41) is 0. The van der Waals surface area contributed by atoms with Crippen LogP contribution in [0.5, 0.6) is 0 Å². The van der Waals surface area contributed by atoms with E-state index in [2.05, 4.69) is 28.5 Å². The molecule has 0 saturated carbocycles. The quantitative estimate of drug-likeness (QED) is 0.575. The predicted octanol–water partition coefficient (Wildman–Crippen LogP) is 1.02. The van der Waals surface area contributed by atoms with Gasteiger partial charge in [0.05, 0.1) is 38.6 Å². The molecule has 0 spiro atoms. The van der Waals surface area contributed by atoms with E-state index in [0.29, 0.717) is 12.2 Å². The highest BCUT2D eigenvalue weighted by atomic mass is 16.5. The highest BCUT2D eigenvalue weighted by molar-refractivity contribution is 4.91. The second kappa shape index (κ2) is 11.9. The molecule has 3 saturated heterocycles. The minimum absolute atomic E-state index is 0.155. The van der Waals surface area contributed by atoms with Crippen LogP contribution in [0.15, 0.2) is 0 Å². The third-order valence-electron chi connectivity index (χ3n) is 6.85. The van der Waals surface area contributed by atoms with Gasteiger partial charge in [-0.05, 0) is 25.7 Å². The number of nitrogens with two attached hydrogens (primary N) is 1. The van der Waals surface area contributed by atoms with Gasteiger partial charge in [-0.1, -0.05) is 13.8 Å². The van der Waals surface area contributed by atoms with Gasteiger partial charge < -0.3 is 19.9 Å². The van der Waals surface area contributed by atoms with Crippen molar-refractivity contribution in [3.63, 3.8) is 0 Å². The first-order valence-corrected chi connectivity index (χ1v) is 11.9. The van der Waals surface area contributed by atoms with Crippen molar-refractivity contribution in [2.45, 2.75) is 57.3 Å². The second-order valence-electron chi connectivity index (χ2n) is 9.15. The highest BCUT2D eigenvalue weighted by Gasteiger charge is 2.31. The molecule has 0 aromatic rings. The molecule has 7 nitrogen and oxygen atoms in total. The number of nitrogens with zero attached hydrogens (tertiary/aromatic N) is 3. The maximum absolute atomic E-state index is 7.10. The summed E-state index contributed by atoms with van der Waals surface area (Å²) in [6.45, 7) is 17.1. The summed E-state index contributed by atoms with van der Waals surface area (Å²) in [5.41, 5.74) is 6.94. The molecular weight excluding hydrogens is 368 g/mol. The fraction of sp³-hybridized carbons (Fsp3) is 1.00. The van der Waals surface area contributed by atoms with Gasteiger partial charge in [0.2, 0.25) is 0 Å². The Kier molecular flexibility index (Phi) is 9.62. The van der Waals surface area contributed by atoms with E-state index in [1.807, 2.05) is 0 Å². The zero-order valence-electron chi connectivity index (χ0n) is 18.8. The molecule has 0 amide bonds. The molecule has 0 aliphatic carbocycles. The van der Waals surface area contributed by atoms with Gasteiger partial charge in [-0.2, -0.15) is 0 Å². The smallest absolute Gasteiger partial charge is 0.0700 e. The standard InChI is InChI=1S/C22H44N4O3/c1-3-20-17-24(11-15-28-20)7-5-22(23,19-26-9-13-27-14-10-26)6-8-25-12-16-29-21(4-2)18-25/h20-21H,3-19,23H2,1-2H3. The van der Waals surface area contributed by atoms with Gasteiger partial charge in [-0.15, -0.1) is 0 Å². The Labute approximate surface area is 177 Å². The Bertz CT molecular complexity index is 433. The first-order chi connectivity index (χ1) is 14.1. The van der Waals surface area contributed by atoms with Gasteiger partial charge in [-0.3, -0.25) is 14.7 Å². The molecule has 3 heterocycles. The molecule has 29 heavy (non-hydrogen) atoms. The number of ether oxygens (including phenoxy) is 3. The van der Waals surface area contributed by atoms with E-state index in [-0.39, 0.29) is 5.54 Å². The zero-order chi connectivity index (χ0) is 20.5. The second-order valence-corrected chi connectivity index (χ2v) is 9.15. The van der Waals surface area contributed by atoms with E-state index in [0.717, 1.165) is 111 Å². The Hall–Kier alpha value is -0.280. The van der Waals surface area contributed by atoms with Gasteiger partial charge >= 0.3 is 0 Å². The summed E-state index contributed by atoms with van der Waals surface area (Å²) in [5.74, 6) is 0. The van der Waals surface area contributed by atoms with Crippen molar-refractivity contribution in [1.82, 2.24) is 14.7 Å². The van der Waals surface area contributed by atoms with Crippen LogP contribution in [0.1, 0.15) is 39.5 Å². The summed E-state index contributed by atoms with van der Waals surface area (Å²) < 4.78 is 17.2. The zero-order valence-corrected chi connectivity index (χ0v) is 18.8. The molecule has 3 aliphatic heterocycles. The predicted molar refractivity (Wildman–Crippen MR) is 116 cm³/mol. The molecule has 7 heteroatoms. The normalized spacial score (nSPS) is 30.3. The van der Waals surface area contributed by atoms with Crippen LogP contribution in [0.2, 0.25) is 0 Å². The molecule has 2 unspecified atom stereocenters. The Balaban J connectivity index is 1.53. The van der Waals surface area contributed by atoms with Gasteiger partial charge in [-0.25, -0.2) is 0 Å². The van der Waals surface area contributed by atoms with Gasteiger partial charge in [0.15, 0.2) is 0 Å². The molecule has 3 fully saturated rings. The molecule has 0 bridgehead atoms. The van der Waals surface area contributed by atoms with Crippen molar-refractivity contribution in [3.05, 3.63) is 0 Å². The lowest BCUT2D eigenvalue weighted by molar-refractivity contribution is -0.0373. The molecular formula is C22H44N4O3. The Morgan fingerprint density at radius 2 is 1.24 bits per heavy atom. The fourth-order valence-corrected chi connectivity index (χ4v) is 4.71. The van der Waals surface area contributed by atoms with Crippen molar-refractivity contribution in [1.29, 1.82) is 0 Å². The lowest BCUT2D eigenvalue weighted by atomic mass is 9.90. The molecule has 0 radical (unpaired) electrons. The van der Waals surface area contributed by atoms with Crippen LogP contribution in [0, 0.1) is 0 Å².